The number of aryl methyl sites for hydroxylation is 1. The molecule has 3 rings (SSSR count). The summed E-state index contributed by atoms with van der Waals surface area (Å²) in [6.07, 6.45) is -0.622. The first-order valence-electron chi connectivity index (χ1n) is 8.54. The van der Waals surface area contributed by atoms with Crippen LogP contribution in [0.5, 0.6) is 0 Å². The first kappa shape index (κ1) is 19.5. The summed E-state index contributed by atoms with van der Waals surface area (Å²) in [5, 5.41) is 10.2. The van der Waals surface area contributed by atoms with E-state index < -0.39 is 39.7 Å². The minimum absolute atomic E-state index is 0.104. The molecule has 2 aromatic rings. The lowest BCUT2D eigenvalue weighted by molar-refractivity contribution is -0.0169. The number of rotatable bonds is 6. The molecule has 0 spiro atoms. The number of hydrogen-bond donors (Lipinski definition) is 3. The van der Waals surface area contributed by atoms with Gasteiger partial charge in [-0.25, -0.2) is 17.9 Å². The molecule has 1 aliphatic rings. The average molecular weight is 395 g/mol. The van der Waals surface area contributed by atoms with Crippen LogP contribution in [0.4, 0.5) is 0 Å². The van der Waals surface area contributed by atoms with E-state index in [4.69, 9.17) is 4.74 Å². The van der Waals surface area contributed by atoms with Crippen molar-refractivity contribution in [2.75, 3.05) is 6.54 Å². The highest BCUT2D eigenvalue weighted by Crippen LogP contribution is 2.27. The first-order valence-corrected chi connectivity index (χ1v) is 10.0. The van der Waals surface area contributed by atoms with E-state index >= 15 is 0 Å². The van der Waals surface area contributed by atoms with Crippen LogP contribution in [0, 0.1) is 0 Å². The average Bonchev–Trinajstić information content (AvgIpc) is 3.01. The van der Waals surface area contributed by atoms with Gasteiger partial charge in [-0.15, -0.1) is 0 Å². The van der Waals surface area contributed by atoms with Crippen LogP contribution in [0.3, 0.4) is 0 Å². The van der Waals surface area contributed by atoms with E-state index in [0.29, 0.717) is 12.0 Å². The monoisotopic (exact) mass is 395 g/mol. The van der Waals surface area contributed by atoms with Crippen LogP contribution in [0.15, 0.2) is 51.0 Å². The number of H-pyrrole nitrogens is 1. The van der Waals surface area contributed by atoms with Crippen LogP contribution < -0.4 is 16.0 Å². The Morgan fingerprint density at radius 3 is 2.67 bits per heavy atom. The van der Waals surface area contributed by atoms with Crippen LogP contribution in [0.25, 0.3) is 0 Å². The van der Waals surface area contributed by atoms with Crippen LogP contribution in [-0.4, -0.2) is 41.8 Å². The number of hydrogen-bond acceptors (Lipinski definition) is 6. The maximum absolute atomic E-state index is 12.3. The predicted molar refractivity (Wildman–Crippen MR) is 96.9 cm³/mol. The molecule has 0 unspecified atom stereocenters. The molecule has 0 bridgehead atoms. The number of aromatic amines is 1. The van der Waals surface area contributed by atoms with Crippen molar-refractivity contribution in [2.24, 2.45) is 0 Å². The molecule has 1 aliphatic heterocycles. The van der Waals surface area contributed by atoms with Gasteiger partial charge in [-0.05, 0) is 18.6 Å². The summed E-state index contributed by atoms with van der Waals surface area (Å²) in [6, 6.07) is 7.85. The van der Waals surface area contributed by atoms with Crippen molar-refractivity contribution in [3.05, 3.63) is 62.9 Å². The zero-order valence-electron chi connectivity index (χ0n) is 14.7. The van der Waals surface area contributed by atoms with Gasteiger partial charge in [-0.1, -0.05) is 25.1 Å². The van der Waals surface area contributed by atoms with E-state index in [0.717, 1.165) is 0 Å². The molecule has 0 radical (unpaired) electrons. The van der Waals surface area contributed by atoms with Crippen molar-refractivity contribution in [2.45, 2.75) is 43.1 Å². The first-order chi connectivity index (χ1) is 12.8. The lowest BCUT2D eigenvalue weighted by atomic mass is 10.2. The maximum Gasteiger partial charge on any atom is 0.330 e. The Labute approximate surface area is 155 Å². The Kier molecular flexibility index (Phi) is 5.61. The van der Waals surface area contributed by atoms with E-state index in [1.54, 1.807) is 25.1 Å². The Morgan fingerprint density at radius 2 is 2.00 bits per heavy atom. The number of aromatic nitrogens is 2. The van der Waals surface area contributed by atoms with Crippen molar-refractivity contribution in [1.29, 1.82) is 0 Å². The van der Waals surface area contributed by atoms with Crippen molar-refractivity contribution >= 4 is 10.0 Å². The lowest BCUT2D eigenvalue weighted by Gasteiger charge is -2.17. The summed E-state index contributed by atoms with van der Waals surface area (Å²) >= 11 is 0. The molecule has 1 aromatic heterocycles. The molecule has 0 amide bonds. The summed E-state index contributed by atoms with van der Waals surface area (Å²) in [7, 11) is -3.73. The van der Waals surface area contributed by atoms with Crippen LogP contribution in [0.1, 0.15) is 25.1 Å². The van der Waals surface area contributed by atoms with Gasteiger partial charge >= 0.3 is 5.69 Å². The van der Waals surface area contributed by atoms with Crippen LogP contribution >= 0.6 is 0 Å². The normalized spacial score (nSPS) is 22.8. The van der Waals surface area contributed by atoms with E-state index in [1.165, 1.54) is 22.9 Å². The fourth-order valence-corrected chi connectivity index (χ4v) is 4.00. The van der Waals surface area contributed by atoms with Crippen LogP contribution in [0.2, 0.25) is 0 Å². The lowest BCUT2D eigenvalue weighted by Crippen LogP contribution is -2.37. The molecule has 27 heavy (non-hydrogen) atoms. The summed E-state index contributed by atoms with van der Waals surface area (Å²) in [4.78, 5) is 26.1. The second-order valence-electron chi connectivity index (χ2n) is 6.27. The van der Waals surface area contributed by atoms with Gasteiger partial charge < -0.3 is 9.84 Å². The van der Waals surface area contributed by atoms with Gasteiger partial charge in [0.1, 0.15) is 6.23 Å². The largest absolute Gasteiger partial charge is 0.390 e. The molecular formula is C17H21N3O6S. The second kappa shape index (κ2) is 7.77. The Balaban J connectivity index is 1.72. The predicted octanol–water partition coefficient (Wildman–Crippen LogP) is -0.274. The van der Waals surface area contributed by atoms with Gasteiger partial charge in [-0.3, -0.25) is 14.3 Å². The van der Waals surface area contributed by atoms with Crippen LogP contribution in [-0.2, 0) is 21.2 Å². The van der Waals surface area contributed by atoms with Gasteiger partial charge in [0.05, 0.1) is 17.1 Å². The summed E-state index contributed by atoms with van der Waals surface area (Å²) < 4.78 is 33.9. The van der Waals surface area contributed by atoms with E-state index in [9.17, 15) is 23.1 Å². The Hall–Kier alpha value is -2.27. The third kappa shape index (κ3) is 4.19. The van der Waals surface area contributed by atoms with Gasteiger partial charge in [-0.2, -0.15) is 0 Å². The van der Waals surface area contributed by atoms with E-state index in [-0.39, 0.29) is 17.9 Å². The molecule has 3 atom stereocenters. The zero-order chi connectivity index (χ0) is 19.6. The molecule has 2 heterocycles. The Morgan fingerprint density at radius 1 is 1.30 bits per heavy atom. The molecular weight excluding hydrogens is 374 g/mol. The number of nitrogens with zero attached hydrogens (tertiary/aromatic N) is 1. The highest BCUT2D eigenvalue weighted by Gasteiger charge is 2.36. The van der Waals surface area contributed by atoms with Crippen molar-refractivity contribution in [3.8, 4) is 0 Å². The zero-order valence-corrected chi connectivity index (χ0v) is 15.5. The third-order valence-electron chi connectivity index (χ3n) is 4.46. The molecule has 3 N–H and O–H groups in total. The third-order valence-corrected chi connectivity index (χ3v) is 5.90. The minimum atomic E-state index is -3.73. The molecule has 0 saturated carbocycles. The van der Waals surface area contributed by atoms with Crippen molar-refractivity contribution < 1.29 is 18.3 Å². The smallest absolute Gasteiger partial charge is 0.330 e. The Bertz CT molecular complexity index is 1010. The molecule has 1 fully saturated rings. The number of aliphatic hydroxyl groups excluding tert-OH is 1. The molecule has 0 aliphatic carbocycles. The second-order valence-corrected chi connectivity index (χ2v) is 8.04. The molecule has 10 heteroatoms. The fourth-order valence-electron chi connectivity index (χ4n) is 2.94. The quantitative estimate of drug-likeness (QED) is 0.617. The van der Waals surface area contributed by atoms with Gasteiger partial charge in [0.25, 0.3) is 5.56 Å². The van der Waals surface area contributed by atoms with Crippen molar-refractivity contribution in [1.82, 2.24) is 14.3 Å². The van der Waals surface area contributed by atoms with E-state index in [2.05, 4.69) is 9.71 Å². The summed E-state index contributed by atoms with van der Waals surface area (Å²) in [6.45, 7) is 1.64. The number of benzene rings is 1. The summed E-state index contributed by atoms with van der Waals surface area (Å²) in [5.74, 6) is 0. The molecule has 146 valence electrons. The molecule has 9 nitrogen and oxygen atoms in total. The number of ether oxygens (including phenoxy) is 1. The molecule has 1 saturated heterocycles. The van der Waals surface area contributed by atoms with E-state index in [1.807, 2.05) is 0 Å². The number of nitrogens with one attached hydrogen (secondary N) is 2. The maximum atomic E-state index is 12.3. The highest BCUT2D eigenvalue weighted by atomic mass is 32.2. The van der Waals surface area contributed by atoms with Gasteiger partial charge in [0.15, 0.2) is 0 Å². The van der Waals surface area contributed by atoms with Gasteiger partial charge in [0.2, 0.25) is 10.0 Å². The molecule has 1 aromatic carbocycles. The fraction of sp³-hybridized carbons (Fsp3) is 0.412. The topological polar surface area (TPSA) is 130 Å². The number of aliphatic hydroxyl groups is 1. The summed E-state index contributed by atoms with van der Waals surface area (Å²) in [5.41, 5.74) is -0.676. The van der Waals surface area contributed by atoms with Crippen molar-refractivity contribution in [3.63, 3.8) is 0 Å². The minimum Gasteiger partial charge on any atom is -0.390 e. The number of sulfonamides is 1. The standard InChI is InChI=1S/C17H21N3O6S/c1-2-11-10-20(17(23)19-16(11)22)15-8-13(21)14(26-15)9-18-27(24,25)12-6-4-3-5-7-12/h3-7,10,13-15,18,21H,2,8-9H2,1H3,(H,19,22,23)/t13-,14+,15+/m0/s1. The SMILES string of the molecule is CCc1cn([C@H]2C[C@H](O)[C@@H](CNS(=O)(=O)c3ccccc3)O2)c(=O)[nH]c1=O. The van der Waals surface area contributed by atoms with Gasteiger partial charge in [0, 0.05) is 24.7 Å². The highest BCUT2D eigenvalue weighted by molar-refractivity contribution is 7.89.